The Balaban J connectivity index is 2.64. The maximum atomic E-state index is 11.6. The second-order valence-electron chi connectivity index (χ2n) is 4.50. The number of hydrogen-bond donors (Lipinski definition) is 0. The number of hydrogen-bond acceptors (Lipinski definition) is 1. The van der Waals surface area contributed by atoms with Crippen LogP contribution in [-0.2, 0) is 5.41 Å². The predicted octanol–water partition coefficient (Wildman–Crippen LogP) is 3.59. The first kappa shape index (κ1) is 9.72. The molecule has 1 nitrogen and oxygen atoms in total. The van der Waals surface area contributed by atoms with Crippen LogP contribution in [0.25, 0.3) is 0 Å². The van der Waals surface area contributed by atoms with Crippen molar-refractivity contribution in [2.24, 2.45) is 0 Å². The Labute approximate surface area is 89.1 Å². The van der Waals surface area contributed by atoms with Crippen LogP contribution in [0.1, 0.15) is 42.6 Å². The zero-order chi connectivity index (χ0) is 10.3. The molecule has 2 heteroatoms. The van der Waals surface area contributed by atoms with Gasteiger partial charge in [0.15, 0.2) is 5.78 Å². The highest BCUT2D eigenvalue weighted by Crippen LogP contribution is 2.37. The summed E-state index contributed by atoms with van der Waals surface area (Å²) in [5, 5.41) is 0.714. The van der Waals surface area contributed by atoms with Crippen LogP contribution in [0.5, 0.6) is 0 Å². The lowest BCUT2D eigenvalue weighted by Crippen LogP contribution is -2.27. The standard InChI is InChI=1S/C12H13ClO/c1-12(2)6-5-11(14)9-4-3-8(13)7-10(9)12/h3-4,7H,5-6H2,1-2H3. The molecule has 0 aromatic heterocycles. The van der Waals surface area contributed by atoms with Gasteiger partial charge in [-0.05, 0) is 35.6 Å². The molecule has 0 saturated carbocycles. The van der Waals surface area contributed by atoms with Gasteiger partial charge in [0, 0.05) is 17.0 Å². The summed E-state index contributed by atoms with van der Waals surface area (Å²) in [6, 6.07) is 5.56. The van der Waals surface area contributed by atoms with Crippen LogP contribution in [-0.4, -0.2) is 5.78 Å². The number of fused-ring (bicyclic) bond motifs is 1. The fraction of sp³-hybridized carbons (Fsp3) is 0.417. The number of halogens is 1. The molecule has 0 atom stereocenters. The number of carbonyl (C=O) groups excluding carboxylic acids is 1. The molecule has 1 aromatic rings. The van der Waals surface area contributed by atoms with Crippen LogP contribution >= 0.6 is 11.6 Å². The van der Waals surface area contributed by atoms with Gasteiger partial charge in [-0.1, -0.05) is 25.4 Å². The SMILES string of the molecule is CC1(C)CCC(=O)c2ccc(Cl)cc21. The molecule has 0 bridgehead atoms. The number of rotatable bonds is 0. The summed E-state index contributed by atoms with van der Waals surface area (Å²) in [6.07, 6.45) is 1.57. The Bertz CT molecular complexity index is 393. The molecule has 0 heterocycles. The summed E-state index contributed by atoms with van der Waals surface area (Å²) in [6.45, 7) is 4.32. The summed E-state index contributed by atoms with van der Waals surface area (Å²) in [4.78, 5) is 11.6. The Morgan fingerprint density at radius 1 is 1.36 bits per heavy atom. The lowest BCUT2D eigenvalue weighted by Gasteiger charge is -2.31. The van der Waals surface area contributed by atoms with E-state index in [0.717, 1.165) is 17.5 Å². The Kier molecular flexibility index (Phi) is 2.15. The zero-order valence-corrected chi connectivity index (χ0v) is 9.19. The van der Waals surface area contributed by atoms with Gasteiger partial charge in [-0.25, -0.2) is 0 Å². The van der Waals surface area contributed by atoms with Crippen molar-refractivity contribution >= 4 is 17.4 Å². The normalized spacial score (nSPS) is 19.2. The molecule has 1 aliphatic carbocycles. The van der Waals surface area contributed by atoms with E-state index in [2.05, 4.69) is 13.8 Å². The van der Waals surface area contributed by atoms with E-state index in [-0.39, 0.29) is 11.2 Å². The maximum absolute atomic E-state index is 11.6. The van der Waals surface area contributed by atoms with E-state index in [0.29, 0.717) is 11.4 Å². The molecule has 0 aliphatic heterocycles. The fourth-order valence-electron chi connectivity index (χ4n) is 2.01. The number of Topliss-reactive ketones (excluding diaryl/α,β-unsaturated/α-hetero) is 1. The van der Waals surface area contributed by atoms with E-state index >= 15 is 0 Å². The van der Waals surface area contributed by atoms with E-state index in [1.54, 1.807) is 6.07 Å². The topological polar surface area (TPSA) is 17.1 Å². The third kappa shape index (κ3) is 1.46. The second kappa shape index (κ2) is 3.09. The van der Waals surface area contributed by atoms with Crippen molar-refractivity contribution in [2.45, 2.75) is 32.1 Å². The molecule has 0 N–H and O–H groups in total. The second-order valence-corrected chi connectivity index (χ2v) is 4.93. The first-order valence-electron chi connectivity index (χ1n) is 4.84. The predicted molar refractivity (Wildman–Crippen MR) is 58.0 cm³/mol. The largest absolute Gasteiger partial charge is 0.294 e. The quantitative estimate of drug-likeness (QED) is 0.637. The van der Waals surface area contributed by atoms with Gasteiger partial charge in [-0.3, -0.25) is 4.79 Å². The summed E-state index contributed by atoms with van der Waals surface area (Å²) in [7, 11) is 0. The lowest BCUT2D eigenvalue weighted by molar-refractivity contribution is 0.0957. The van der Waals surface area contributed by atoms with Crippen molar-refractivity contribution in [1.82, 2.24) is 0 Å². The van der Waals surface area contributed by atoms with Crippen molar-refractivity contribution < 1.29 is 4.79 Å². The monoisotopic (exact) mass is 208 g/mol. The average Bonchev–Trinajstić information content (AvgIpc) is 2.12. The van der Waals surface area contributed by atoms with Crippen LogP contribution in [0, 0.1) is 0 Å². The Morgan fingerprint density at radius 2 is 2.07 bits per heavy atom. The Hall–Kier alpha value is -0.820. The summed E-state index contributed by atoms with van der Waals surface area (Å²) < 4.78 is 0. The average molecular weight is 209 g/mol. The number of ketones is 1. The van der Waals surface area contributed by atoms with Crippen LogP contribution < -0.4 is 0 Å². The van der Waals surface area contributed by atoms with E-state index < -0.39 is 0 Å². The minimum atomic E-state index is 0.0775. The summed E-state index contributed by atoms with van der Waals surface area (Å²) in [5.74, 6) is 0.246. The van der Waals surface area contributed by atoms with Crippen LogP contribution in [0.3, 0.4) is 0 Å². The number of carbonyl (C=O) groups is 1. The summed E-state index contributed by atoms with van der Waals surface area (Å²) >= 11 is 5.94. The van der Waals surface area contributed by atoms with E-state index in [4.69, 9.17) is 11.6 Å². The van der Waals surface area contributed by atoms with Crippen molar-refractivity contribution in [1.29, 1.82) is 0 Å². The highest BCUT2D eigenvalue weighted by Gasteiger charge is 2.31. The highest BCUT2D eigenvalue weighted by molar-refractivity contribution is 6.30. The third-order valence-corrected chi connectivity index (χ3v) is 3.22. The molecule has 0 fully saturated rings. The van der Waals surface area contributed by atoms with Gasteiger partial charge >= 0.3 is 0 Å². The van der Waals surface area contributed by atoms with Crippen molar-refractivity contribution in [3.63, 3.8) is 0 Å². The van der Waals surface area contributed by atoms with Gasteiger partial charge in [0.2, 0.25) is 0 Å². The fourth-order valence-corrected chi connectivity index (χ4v) is 2.19. The molecular weight excluding hydrogens is 196 g/mol. The van der Waals surface area contributed by atoms with Gasteiger partial charge < -0.3 is 0 Å². The molecule has 74 valence electrons. The zero-order valence-electron chi connectivity index (χ0n) is 8.43. The smallest absolute Gasteiger partial charge is 0.163 e. The van der Waals surface area contributed by atoms with E-state index in [1.807, 2.05) is 12.1 Å². The highest BCUT2D eigenvalue weighted by atomic mass is 35.5. The number of benzene rings is 1. The molecule has 0 unspecified atom stereocenters. The van der Waals surface area contributed by atoms with Gasteiger partial charge in [-0.2, -0.15) is 0 Å². The van der Waals surface area contributed by atoms with Crippen molar-refractivity contribution in [3.8, 4) is 0 Å². The van der Waals surface area contributed by atoms with Crippen molar-refractivity contribution in [3.05, 3.63) is 34.3 Å². The molecule has 1 aliphatic rings. The molecule has 0 radical (unpaired) electrons. The molecular formula is C12H13ClO. The van der Waals surface area contributed by atoms with Gasteiger partial charge in [-0.15, -0.1) is 0 Å². The molecule has 1 aromatic carbocycles. The summed E-state index contributed by atoms with van der Waals surface area (Å²) in [5.41, 5.74) is 2.03. The molecule has 0 amide bonds. The minimum Gasteiger partial charge on any atom is -0.294 e. The van der Waals surface area contributed by atoms with Gasteiger partial charge in [0.25, 0.3) is 0 Å². The van der Waals surface area contributed by atoms with Gasteiger partial charge in [0.1, 0.15) is 0 Å². The van der Waals surface area contributed by atoms with Crippen molar-refractivity contribution in [2.75, 3.05) is 0 Å². The first-order chi connectivity index (χ1) is 6.50. The van der Waals surface area contributed by atoms with E-state index in [1.165, 1.54) is 0 Å². The molecule has 14 heavy (non-hydrogen) atoms. The van der Waals surface area contributed by atoms with Crippen LogP contribution in [0.4, 0.5) is 0 Å². The molecule has 0 saturated heterocycles. The van der Waals surface area contributed by atoms with Crippen LogP contribution in [0.15, 0.2) is 18.2 Å². The maximum Gasteiger partial charge on any atom is 0.163 e. The van der Waals surface area contributed by atoms with Crippen LogP contribution in [0.2, 0.25) is 5.02 Å². The molecule has 0 spiro atoms. The van der Waals surface area contributed by atoms with Gasteiger partial charge in [0.05, 0.1) is 0 Å². The lowest BCUT2D eigenvalue weighted by atomic mass is 9.72. The Morgan fingerprint density at radius 3 is 2.79 bits per heavy atom. The van der Waals surface area contributed by atoms with E-state index in [9.17, 15) is 4.79 Å². The minimum absolute atomic E-state index is 0.0775. The third-order valence-electron chi connectivity index (χ3n) is 2.99. The molecule has 2 rings (SSSR count). The first-order valence-corrected chi connectivity index (χ1v) is 5.22.